The molecule has 0 radical (unpaired) electrons. The maximum Gasteiger partial charge on any atom is 0.305 e. The summed E-state index contributed by atoms with van der Waals surface area (Å²) in [4.78, 5) is 86.4. The Morgan fingerprint density at radius 1 is 1.03 bits per heavy atom. The van der Waals surface area contributed by atoms with Crippen LogP contribution in [-0.4, -0.2) is 150 Å². The minimum atomic E-state index is -0.877. The van der Waals surface area contributed by atoms with Crippen LogP contribution in [-0.2, 0) is 41.7 Å². The van der Waals surface area contributed by atoms with E-state index in [0.29, 0.717) is 67.3 Å². The fourth-order valence-corrected chi connectivity index (χ4v) is 9.98. The zero-order valence-corrected chi connectivity index (χ0v) is 44.7. The average Bonchev–Trinajstić information content (AvgIpc) is 4.17. The van der Waals surface area contributed by atoms with Gasteiger partial charge in [0.1, 0.15) is 17.9 Å². The molecule has 2 aromatic heterocycles. The number of nitrogens with zero attached hydrogens (tertiary/aromatic N) is 8. The van der Waals surface area contributed by atoms with Crippen molar-refractivity contribution in [2.24, 2.45) is 5.41 Å². The lowest BCUT2D eigenvalue weighted by molar-refractivity contribution is -0.144. The second-order valence-corrected chi connectivity index (χ2v) is 20.6. The van der Waals surface area contributed by atoms with Crippen LogP contribution in [0.15, 0.2) is 54.7 Å². The van der Waals surface area contributed by atoms with Crippen molar-refractivity contribution in [3.8, 4) is 11.3 Å². The third-order valence-corrected chi connectivity index (χ3v) is 14.2. The van der Waals surface area contributed by atoms with Crippen LogP contribution >= 0.6 is 0 Å². The first-order chi connectivity index (χ1) is 36.4. The van der Waals surface area contributed by atoms with Gasteiger partial charge in [0.05, 0.1) is 80.8 Å². The van der Waals surface area contributed by atoms with Gasteiger partial charge in [0.15, 0.2) is 11.6 Å². The Bertz CT molecular complexity index is 2750. The number of benzene rings is 2. The van der Waals surface area contributed by atoms with Crippen molar-refractivity contribution >= 4 is 47.0 Å². The Morgan fingerprint density at radius 2 is 1.78 bits per heavy atom. The number of likely N-dealkylation sites (N-methyl/N-ethyl adjacent to an activating group) is 1. The molecule has 5 amide bonds. The highest BCUT2D eigenvalue weighted by atomic mass is 19.1. The molecule has 5 heterocycles. The Morgan fingerprint density at radius 3 is 2.49 bits per heavy atom. The van der Waals surface area contributed by atoms with E-state index in [2.05, 4.69) is 41.5 Å². The van der Waals surface area contributed by atoms with Crippen LogP contribution in [0.5, 0.6) is 0 Å². The van der Waals surface area contributed by atoms with Gasteiger partial charge in [-0.25, -0.2) is 14.4 Å². The van der Waals surface area contributed by atoms with Crippen molar-refractivity contribution in [2.75, 3.05) is 77.3 Å². The van der Waals surface area contributed by atoms with E-state index in [0.717, 1.165) is 12.0 Å². The van der Waals surface area contributed by atoms with Crippen LogP contribution in [0.4, 0.5) is 21.8 Å². The Labute approximate surface area is 444 Å². The fraction of sp³-hybridized carbons (Fsp3) is 0.537. The van der Waals surface area contributed by atoms with Crippen LogP contribution in [0, 0.1) is 17.8 Å². The van der Waals surface area contributed by atoms with E-state index >= 15 is 4.39 Å². The summed E-state index contributed by atoms with van der Waals surface area (Å²) in [5.41, 5.74) is 8.76. The molecule has 0 saturated carbocycles. The van der Waals surface area contributed by atoms with Gasteiger partial charge in [-0.2, -0.15) is 4.68 Å². The zero-order chi connectivity index (χ0) is 54.7. The lowest BCUT2D eigenvalue weighted by Crippen LogP contribution is -2.59. The SMILES string of the molecule is [C-]#[N+]c1nn(CCNC(=O)CCOCCOCCN[C@@H]2C[C@H](C(=O)N[C@@H](CC)c3ccccc3)N(C(=O)C(NC(=O)[C@@H](C)NC)C(C)(C)C)C2)c2c1-c1cnc(N)c(n1)N1CCC[C@@H]1c1cc(F)cc(c1)C(=O)N(C)C2. The quantitative estimate of drug-likeness (QED) is 0.0510. The van der Waals surface area contributed by atoms with Gasteiger partial charge in [-0.15, -0.1) is 0 Å². The van der Waals surface area contributed by atoms with Crippen LogP contribution in [0.1, 0.15) is 106 Å². The summed E-state index contributed by atoms with van der Waals surface area (Å²) in [6.45, 7) is 20.0. The molecule has 3 aliphatic heterocycles. The summed E-state index contributed by atoms with van der Waals surface area (Å²) in [5.74, 6) is -1.49. The number of rotatable bonds is 21. The second-order valence-electron chi connectivity index (χ2n) is 20.6. The van der Waals surface area contributed by atoms with Crippen molar-refractivity contribution < 1.29 is 37.8 Å². The van der Waals surface area contributed by atoms with Gasteiger partial charge in [-0.05, 0) is 79.5 Å². The normalized spacial score (nSPS) is 18.5. The van der Waals surface area contributed by atoms with Crippen molar-refractivity contribution in [2.45, 2.75) is 116 Å². The third kappa shape index (κ3) is 13.7. The molecule has 4 aromatic rings. The molecular formula is C54H73FN14O7. The molecule has 3 aliphatic rings. The molecule has 0 spiro atoms. The number of amides is 5. The second kappa shape index (κ2) is 25.7. The van der Waals surface area contributed by atoms with E-state index in [1.165, 1.54) is 23.2 Å². The summed E-state index contributed by atoms with van der Waals surface area (Å²) in [7, 11) is 3.27. The van der Waals surface area contributed by atoms with Crippen LogP contribution in [0.2, 0.25) is 0 Å². The summed E-state index contributed by atoms with van der Waals surface area (Å²) in [5, 5.41) is 19.9. The number of hydrogen-bond acceptors (Lipinski definition) is 14. The molecule has 7 N–H and O–H groups in total. The van der Waals surface area contributed by atoms with Crippen molar-refractivity contribution in [3.63, 3.8) is 0 Å². The molecule has 2 fully saturated rings. The number of fused-ring (bicyclic) bond motifs is 9. The molecule has 1 unspecified atom stereocenters. The number of nitrogens with one attached hydrogen (secondary N) is 5. The van der Waals surface area contributed by atoms with Gasteiger partial charge in [0.2, 0.25) is 23.6 Å². The van der Waals surface area contributed by atoms with E-state index in [1.54, 1.807) is 36.7 Å². The van der Waals surface area contributed by atoms with Gasteiger partial charge >= 0.3 is 5.82 Å². The van der Waals surface area contributed by atoms with E-state index < -0.39 is 35.3 Å². The minimum absolute atomic E-state index is 0.0114. The van der Waals surface area contributed by atoms with Crippen LogP contribution in [0.3, 0.4) is 0 Å². The van der Waals surface area contributed by atoms with Gasteiger partial charge in [0.25, 0.3) is 5.91 Å². The number of ether oxygens (including phenoxy) is 2. The largest absolute Gasteiger partial charge is 0.381 e. The molecule has 22 heteroatoms. The molecule has 0 aliphatic carbocycles. The first-order valence-electron chi connectivity index (χ1n) is 26.1. The van der Waals surface area contributed by atoms with E-state index in [-0.39, 0.29) is 111 Å². The molecule has 7 rings (SSSR count). The summed E-state index contributed by atoms with van der Waals surface area (Å²) in [6, 6.07) is 11.1. The first-order valence-corrected chi connectivity index (χ1v) is 26.1. The lowest BCUT2D eigenvalue weighted by atomic mass is 9.85. The number of hydrogen-bond donors (Lipinski definition) is 6. The summed E-state index contributed by atoms with van der Waals surface area (Å²) in [6.07, 6.45) is 4.06. The third-order valence-electron chi connectivity index (χ3n) is 14.2. The first kappa shape index (κ1) is 56.7. The number of nitrogens with two attached hydrogens (primary N) is 1. The summed E-state index contributed by atoms with van der Waals surface area (Å²) >= 11 is 0. The molecule has 6 atom stereocenters. The minimum Gasteiger partial charge on any atom is -0.381 e. The number of nitrogen functional groups attached to an aromatic ring is 1. The van der Waals surface area contributed by atoms with Gasteiger partial charge < -0.3 is 61.3 Å². The number of likely N-dealkylation sites (tertiary alicyclic amines) is 1. The zero-order valence-electron chi connectivity index (χ0n) is 44.7. The maximum atomic E-state index is 15.1. The molecule has 4 bridgehead atoms. The number of aromatic nitrogens is 4. The van der Waals surface area contributed by atoms with E-state index in [9.17, 15) is 24.0 Å². The maximum absolute atomic E-state index is 15.1. The Balaban J connectivity index is 0.890. The number of carbonyl (C=O) groups excluding carboxylic acids is 5. The average molecular weight is 1050 g/mol. The van der Waals surface area contributed by atoms with E-state index in [4.69, 9.17) is 26.8 Å². The molecule has 76 heavy (non-hydrogen) atoms. The lowest BCUT2D eigenvalue weighted by Gasteiger charge is -2.36. The fourth-order valence-electron chi connectivity index (χ4n) is 9.98. The van der Waals surface area contributed by atoms with E-state index in [1.807, 2.05) is 62.9 Å². The molecule has 21 nitrogen and oxygen atoms in total. The highest BCUT2D eigenvalue weighted by molar-refractivity contribution is 5.95. The highest BCUT2D eigenvalue weighted by Gasteiger charge is 2.45. The number of halogens is 1. The standard InChI is InChI=1S/C54H73FN14O7/c1-9-39(34-14-11-10-12-15-34)63-51(72)42-29-38(31-68(42)53(74)46(54(3,4)5)64-50(71)33(2)57-6)59-19-23-76-25-24-75-22-17-44(70)60-18-21-69-43-32-66(8)52(73)36-26-35(27-37(55)28-36)41-16-13-20-67(41)49-47(56)61-30-40(62-49)45(43)48(58-7)65-69/h10-12,14-15,26-28,30,33,38-39,41-42,46,57,59H,9,13,16-25,29,31-32H2,1-6,8H3,(H2,56,61)(H,60,70)(H,63,72)(H,64,71)/t33-,38-,39+,41-,42-,46?/m1/s1. The highest BCUT2D eigenvalue weighted by Crippen LogP contribution is 2.41. The molecular weight excluding hydrogens is 976 g/mol. The number of anilines is 2. The monoisotopic (exact) mass is 1050 g/mol. The van der Waals surface area contributed by atoms with Gasteiger partial charge in [-0.1, -0.05) is 64.6 Å². The Hall–Kier alpha value is -7.06. The van der Waals surface area contributed by atoms with Crippen LogP contribution in [0.25, 0.3) is 16.1 Å². The smallest absolute Gasteiger partial charge is 0.305 e. The van der Waals surface area contributed by atoms with Crippen molar-refractivity contribution in [1.29, 1.82) is 0 Å². The topological polar surface area (TPSA) is 248 Å². The predicted octanol–water partition coefficient (Wildman–Crippen LogP) is 4.04. The predicted molar refractivity (Wildman–Crippen MR) is 284 cm³/mol. The Kier molecular flexibility index (Phi) is 19.1. The van der Waals surface area contributed by atoms with Crippen molar-refractivity contribution in [1.82, 2.24) is 56.1 Å². The van der Waals surface area contributed by atoms with Crippen LogP contribution < -0.4 is 37.2 Å². The molecule has 2 aromatic carbocycles. The summed E-state index contributed by atoms with van der Waals surface area (Å²) < 4.78 is 28.2. The number of carbonyl (C=O) groups is 5. The van der Waals surface area contributed by atoms with Crippen molar-refractivity contribution in [3.05, 3.63) is 94.3 Å². The van der Waals surface area contributed by atoms with Gasteiger partial charge in [0, 0.05) is 51.3 Å². The molecule has 408 valence electrons. The molecule has 2 saturated heterocycles. The van der Waals surface area contributed by atoms with Gasteiger partial charge in [-0.3, -0.25) is 24.0 Å².